The van der Waals surface area contributed by atoms with E-state index < -0.39 is 0 Å². The fourth-order valence-electron chi connectivity index (χ4n) is 3.10. The molecule has 0 saturated heterocycles. The summed E-state index contributed by atoms with van der Waals surface area (Å²) in [7, 11) is 4.41. The van der Waals surface area contributed by atoms with E-state index in [1.165, 1.54) is 32.1 Å². The summed E-state index contributed by atoms with van der Waals surface area (Å²) in [6, 6.07) is 6.03. The van der Waals surface area contributed by atoms with Gasteiger partial charge in [0.1, 0.15) is 0 Å². The maximum atomic E-state index is 6.24. The topological polar surface area (TPSA) is 15.3 Å². The highest BCUT2D eigenvalue weighted by Crippen LogP contribution is 2.31. The van der Waals surface area contributed by atoms with Gasteiger partial charge in [0.15, 0.2) is 0 Å². The summed E-state index contributed by atoms with van der Waals surface area (Å²) in [6.45, 7) is 1.86. The van der Waals surface area contributed by atoms with Crippen LogP contribution in [0.5, 0.6) is 0 Å². The molecule has 0 spiro atoms. The fraction of sp³-hybridized carbons (Fsp3) is 0.625. The zero-order chi connectivity index (χ0) is 14.6. The van der Waals surface area contributed by atoms with Gasteiger partial charge in [0, 0.05) is 28.1 Å². The lowest BCUT2D eigenvalue weighted by molar-refractivity contribution is 0.0984. The Kier molecular flexibility index (Phi) is 5.91. The monoisotopic (exact) mass is 358 g/mol. The SMILES string of the molecule is CN(C)C1(CNCc2cc(Br)ccc2Cl)CCCCC1. The number of likely N-dealkylation sites (N-methyl/N-ethyl adjacent to an activating group) is 1. The van der Waals surface area contributed by atoms with E-state index >= 15 is 0 Å². The first-order valence-electron chi connectivity index (χ1n) is 7.36. The molecule has 0 atom stereocenters. The molecule has 1 aromatic carbocycles. The van der Waals surface area contributed by atoms with Crippen molar-refractivity contribution < 1.29 is 0 Å². The number of hydrogen-bond donors (Lipinski definition) is 1. The first-order chi connectivity index (χ1) is 9.53. The molecule has 0 amide bonds. The Morgan fingerprint density at radius 2 is 1.95 bits per heavy atom. The molecule has 1 aliphatic rings. The van der Waals surface area contributed by atoms with Crippen molar-refractivity contribution in [3.63, 3.8) is 0 Å². The van der Waals surface area contributed by atoms with E-state index in [4.69, 9.17) is 11.6 Å². The molecule has 2 nitrogen and oxygen atoms in total. The first kappa shape index (κ1) is 16.3. The van der Waals surface area contributed by atoms with E-state index in [1.807, 2.05) is 12.1 Å². The second kappa shape index (κ2) is 7.26. The number of nitrogens with one attached hydrogen (secondary N) is 1. The van der Waals surface area contributed by atoms with E-state index in [0.717, 1.165) is 28.1 Å². The predicted molar refractivity (Wildman–Crippen MR) is 90.4 cm³/mol. The minimum atomic E-state index is 0.316. The fourth-order valence-corrected chi connectivity index (χ4v) is 3.69. The molecular weight excluding hydrogens is 336 g/mol. The molecule has 4 heteroatoms. The summed E-state index contributed by atoms with van der Waals surface area (Å²) in [4.78, 5) is 2.40. The van der Waals surface area contributed by atoms with Gasteiger partial charge in [-0.1, -0.05) is 46.8 Å². The van der Waals surface area contributed by atoms with Gasteiger partial charge in [-0.05, 0) is 50.7 Å². The number of hydrogen-bond acceptors (Lipinski definition) is 2. The van der Waals surface area contributed by atoms with Crippen molar-refractivity contribution in [3.8, 4) is 0 Å². The van der Waals surface area contributed by atoms with Gasteiger partial charge in [0.2, 0.25) is 0 Å². The highest BCUT2D eigenvalue weighted by atomic mass is 79.9. The molecule has 0 aliphatic heterocycles. The van der Waals surface area contributed by atoms with Gasteiger partial charge in [-0.25, -0.2) is 0 Å². The third kappa shape index (κ3) is 3.97. The molecule has 1 aromatic rings. The van der Waals surface area contributed by atoms with Gasteiger partial charge >= 0.3 is 0 Å². The van der Waals surface area contributed by atoms with Crippen LogP contribution < -0.4 is 5.32 Å². The second-order valence-electron chi connectivity index (χ2n) is 6.02. The van der Waals surface area contributed by atoms with Gasteiger partial charge in [-0.2, -0.15) is 0 Å². The maximum Gasteiger partial charge on any atom is 0.0451 e. The standard InChI is InChI=1S/C16H24BrClN2/c1-20(2)16(8-4-3-5-9-16)12-19-11-13-10-14(17)6-7-15(13)18/h6-7,10,19H,3-5,8-9,11-12H2,1-2H3. The quantitative estimate of drug-likeness (QED) is 0.835. The average Bonchev–Trinajstić information content (AvgIpc) is 2.43. The van der Waals surface area contributed by atoms with Crippen LogP contribution in [0, 0.1) is 0 Å². The maximum absolute atomic E-state index is 6.24. The Balaban J connectivity index is 1.95. The third-order valence-electron chi connectivity index (χ3n) is 4.51. The summed E-state index contributed by atoms with van der Waals surface area (Å²) >= 11 is 9.75. The zero-order valence-corrected chi connectivity index (χ0v) is 14.7. The van der Waals surface area contributed by atoms with Crippen LogP contribution in [0.2, 0.25) is 5.02 Å². The van der Waals surface area contributed by atoms with Crippen molar-refractivity contribution in [2.45, 2.75) is 44.2 Å². The summed E-state index contributed by atoms with van der Waals surface area (Å²) in [5, 5.41) is 4.45. The van der Waals surface area contributed by atoms with Crippen molar-refractivity contribution in [1.29, 1.82) is 0 Å². The van der Waals surface area contributed by atoms with Crippen LogP contribution in [0.25, 0.3) is 0 Å². The lowest BCUT2D eigenvalue weighted by Crippen LogP contribution is -2.52. The van der Waals surface area contributed by atoms with Crippen LogP contribution in [0.15, 0.2) is 22.7 Å². The third-order valence-corrected chi connectivity index (χ3v) is 5.37. The van der Waals surface area contributed by atoms with E-state index in [9.17, 15) is 0 Å². The van der Waals surface area contributed by atoms with Crippen LogP contribution in [-0.2, 0) is 6.54 Å². The molecule has 112 valence electrons. The minimum Gasteiger partial charge on any atom is -0.311 e. The first-order valence-corrected chi connectivity index (χ1v) is 8.53. The van der Waals surface area contributed by atoms with E-state index in [1.54, 1.807) is 0 Å². The minimum absolute atomic E-state index is 0.316. The Labute approximate surface area is 136 Å². The smallest absolute Gasteiger partial charge is 0.0451 e. The molecule has 2 rings (SSSR count). The van der Waals surface area contributed by atoms with Crippen molar-refractivity contribution in [1.82, 2.24) is 10.2 Å². The highest BCUT2D eigenvalue weighted by Gasteiger charge is 2.33. The summed E-state index contributed by atoms with van der Waals surface area (Å²) in [5.41, 5.74) is 1.47. The average molecular weight is 360 g/mol. The second-order valence-corrected chi connectivity index (χ2v) is 7.34. The van der Waals surface area contributed by atoms with Crippen molar-refractivity contribution in [2.75, 3.05) is 20.6 Å². The predicted octanol–water partition coefficient (Wildman–Crippen LogP) is 4.46. The number of rotatable bonds is 5. The zero-order valence-electron chi connectivity index (χ0n) is 12.4. The Bertz CT molecular complexity index is 442. The largest absolute Gasteiger partial charge is 0.311 e. The molecule has 1 fully saturated rings. The number of benzene rings is 1. The summed E-state index contributed by atoms with van der Waals surface area (Å²) in [5.74, 6) is 0. The lowest BCUT2D eigenvalue weighted by Gasteiger charge is -2.43. The molecule has 1 aliphatic carbocycles. The van der Waals surface area contributed by atoms with Crippen LogP contribution in [0.4, 0.5) is 0 Å². The summed E-state index contributed by atoms with van der Waals surface area (Å²) < 4.78 is 1.08. The van der Waals surface area contributed by atoms with Gasteiger partial charge in [-0.15, -0.1) is 0 Å². The Hall–Kier alpha value is -0.0900. The summed E-state index contributed by atoms with van der Waals surface area (Å²) in [6.07, 6.45) is 6.65. The molecular formula is C16H24BrClN2. The molecule has 20 heavy (non-hydrogen) atoms. The molecule has 1 saturated carbocycles. The van der Waals surface area contributed by atoms with E-state index in [0.29, 0.717) is 5.54 Å². The molecule has 0 aromatic heterocycles. The number of nitrogens with zero attached hydrogens (tertiary/aromatic N) is 1. The van der Waals surface area contributed by atoms with Crippen LogP contribution in [0.1, 0.15) is 37.7 Å². The molecule has 0 unspecified atom stereocenters. The van der Waals surface area contributed by atoms with E-state index in [2.05, 4.69) is 46.3 Å². The molecule has 0 bridgehead atoms. The Morgan fingerprint density at radius 3 is 2.60 bits per heavy atom. The van der Waals surface area contributed by atoms with Crippen molar-refractivity contribution >= 4 is 27.5 Å². The lowest BCUT2D eigenvalue weighted by atomic mass is 9.80. The molecule has 0 heterocycles. The van der Waals surface area contributed by atoms with Gasteiger partial charge in [0.05, 0.1) is 0 Å². The molecule has 0 radical (unpaired) electrons. The normalized spacial score (nSPS) is 18.4. The Morgan fingerprint density at radius 1 is 1.25 bits per heavy atom. The van der Waals surface area contributed by atoms with Gasteiger partial charge in [0.25, 0.3) is 0 Å². The van der Waals surface area contributed by atoms with Crippen LogP contribution in [-0.4, -0.2) is 31.1 Å². The van der Waals surface area contributed by atoms with Crippen molar-refractivity contribution in [2.24, 2.45) is 0 Å². The van der Waals surface area contributed by atoms with Crippen molar-refractivity contribution in [3.05, 3.63) is 33.3 Å². The highest BCUT2D eigenvalue weighted by molar-refractivity contribution is 9.10. The molecule has 1 N–H and O–H groups in total. The van der Waals surface area contributed by atoms with E-state index in [-0.39, 0.29) is 0 Å². The van der Waals surface area contributed by atoms with Crippen LogP contribution >= 0.6 is 27.5 Å². The number of halogens is 2. The van der Waals surface area contributed by atoms with Gasteiger partial charge < -0.3 is 10.2 Å². The van der Waals surface area contributed by atoms with Gasteiger partial charge in [-0.3, -0.25) is 0 Å². The van der Waals surface area contributed by atoms with Crippen LogP contribution in [0.3, 0.4) is 0 Å².